The Balaban J connectivity index is 2.12. The molecule has 3 N–H and O–H groups in total. The summed E-state index contributed by atoms with van der Waals surface area (Å²) in [5.41, 5.74) is 5.58. The highest BCUT2D eigenvalue weighted by Gasteiger charge is 1.96. The molecule has 0 aliphatic rings. The summed E-state index contributed by atoms with van der Waals surface area (Å²) in [6.07, 6.45) is 1.81. The molecule has 2 nitrogen and oxygen atoms in total. The summed E-state index contributed by atoms with van der Waals surface area (Å²) in [6, 6.07) is 14.3. The molecule has 0 aliphatic heterocycles. The van der Waals surface area contributed by atoms with Gasteiger partial charge < -0.3 is 10.8 Å². The minimum Gasteiger partial charge on any atom is -0.394 e. The minimum atomic E-state index is -0.275. The molecule has 0 radical (unpaired) electrons. The zero-order chi connectivity index (χ0) is 12.1. The van der Waals surface area contributed by atoms with Gasteiger partial charge in [-0.3, -0.25) is 0 Å². The molecular formula is C14H15NOS. The van der Waals surface area contributed by atoms with E-state index in [2.05, 4.69) is 30.3 Å². The number of hydrogen-bond donors (Lipinski definition) is 2. The summed E-state index contributed by atoms with van der Waals surface area (Å²) in [5, 5.41) is 13.2. The number of aliphatic hydroxyl groups is 1. The molecule has 1 unspecified atom stereocenters. The van der Waals surface area contributed by atoms with Gasteiger partial charge >= 0.3 is 0 Å². The zero-order valence-electron chi connectivity index (χ0n) is 9.41. The van der Waals surface area contributed by atoms with E-state index in [0.717, 1.165) is 0 Å². The first-order chi connectivity index (χ1) is 8.29. The van der Waals surface area contributed by atoms with Crippen LogP contribution in [-0.4, -0.2) is 17.8 Å². The van der Waals surface area contributed by atoms with Gasteiger partial charge in [-0.15, -0.1) is 0 Å². The Morgan fingerprint density at radius 3 is 2.71 bits per heavy atom. The molecular weight excluding hydrogens is 230 g/mol. The molecule has 2 aromatic carbocycles. The number of nitrogens with two attached hydrogens (primary N) is 1. The molecule has 0 saturated carbocycles. The van der Waals surface area contributed by atoms with E-state index in [1.165, 1.54) is 15.7 Å². The highest BCUT2D eigenvalue weighted by Crippen LogP contribution is 2.24. The van der Waals surface area contributed by atoms with Crippen molar-refractivity contribution in [2.24, 2.45) is 5.73 Å². The fourth-order valence-corrected chi connectivity index (χ4v) is 2.30. The lowest BCUT2D eigenvalue weighted by Gasteiger charge is -2.02. The molecule has 0 fully saturated rings. The highest BCUT2D eigenvalue weighted by atomic mass is 32.2. The molecule has 0 bridgehead atoms. The first kappa shape index (κ1) is 12.2. The largest absolute Gasteiger partial charge is 0.394 e. The van der Waals surface area contributed by atoms with Gasteiger partial charge in [0.1, 0.15) is 0 Å². The second-order valence-electron chi connectivity index (χ2n) is 3.80. The fourth-order valence-electron chi connectivity index (χ4n) is 1.52. The monoisotopic (exact) mass is 245 g/mol. The van der Waals surface area contributed by atoms with Crippen LogP contribution in [0.2, 0.25) is 0 Å². The molecule has 0 spiro atoms. The first-order valence-electron chi connectivity index (χ1n) is 5.48. The van der Waals surface area contributed by atoms with Gasteiger partial charge in [-0.05, 0) is 28.3 Å². The molecule has 0 saturated heterocycles. The van der Waals surface area contributed by atoms with Crippen molar-refractivity contribution in [2.75, 3.05) is 6.61 Å². The van der Waals surface area contributed by atoms with Gasteiger partial charge in [0, 0.05) is 10.9 Å². The van der Waals surface area contributed by atoms with E-state index >= 15 is 0 Å². The molecule has 2 aromatic rings. The van der Waals surface area contributed by atoms with Gasteiger partial charge in [0.2, 0.25) is 0 Å². The summed E-state index contributed by atoms with van der Waals surface area (Å²) in [7, 11) is 0. The predicted molar refractivity (Wildman–Crippen MR) is 74.0 cm³/mol. The number of fused-ring (bicyclic) bond motifs is 1. The molecule has 0 heterocycles. The summed E-state index contributed by atoms with van der Waals surface area (Å²) in [6.45, 7) is -0.0191. The van der Waals surface area contributed by atoms with Crippen molar-refractivity contribution >= 4 is 22.5 Å². The van der Waals surface area contributed by atoms with Crippen molar-refractivity contribution < 1.29 is 5.11 Å². The zero-order valence-corrected chi connectivity index (χ0v) is 10.2. The van der Waals surface area contributed by atoms with Crippen LogP contribution in [0.15, 0.2) is 58.8 Å². The van der Waals surface area contributed by atoms with Crippen LogP contribution >= 0.6 is 11.8 Å². The molecule has 1 atom stereocenters. The van der Waals surface area contributed by atoms with Crippen molar-refractivity contribution in [2.45, 2.75) is 10.9 Å². The lowest BCUT2D eigenvalue weighted by atomic mass is 10.1. The maximum absolute atomic E-state index is 8.79. The fraction of sp³-hybridized carbons (Fsp3) is 0.143. The van der Waals surface area contributed by atoms with Crippen LogP contribution < -0.4 is 5.73 Å². The van der Waals surface area contributed by atoms with Gasteiger partial charge in [-0.1, -0.05) is 48.2 Å². The SMILES string of the molecule is NC(/C=C/Sc1ccc2ccccc2c1)CO. The van der Waals surface area contributed by atoms with E-state index in [1.54, 1.807) is 17.8 Å². The first-order valence-corrected chi connectivity index (χ1v) is 6.36. The number of benzene rings is 2. The Kier molecular flexibility index (Phi) is 4.20. The van der Waals surface area contributed by atoms with E-state index < -0.39 is 0 Å². The third-order valence-corrected chi connectivity index (χ3v) is 3.28. The van der Waals surface area contributed by atoms with Crippen molar-refractivity contribution in [1.82, 2.24) is 0 Å². The average Bonchev–Trinajstić information content (AvgIpc) is 2.38. The maximum atomic E-state index is 8.79. The molecule has 3 heteroatoms. The van der Waals surface area contributed by atoms with Gasteiger partial charge in [0.15, 0.2) is 0 Å². The van der Waals surface area contributed by atoms with Crippen LogP contribution in [0.25, 0.3) is 10.8 Å². The van der Waals surface area contributed by atoms with E-state index in [0.29, 0.717) is 0 Å². The van der Waals surface area contributed by atoms with Crippen LogP contribution in [0, 0.1) is 0 Å². The van der Waals surface area contributed by atoms with Crippen LogP contribution in [-0.2, 0) is 0 Å². The Bertz CT molecular complexity index is 524. The summed E-state index contributed by atoms with van der Waals surface area (Å²) < 4.78 is 0. The van der Waals surface area contributed by atoms with Crippen molar-refractivity contribution in [3.63, 3.8) is 0 Å². The van der Waals surface area contributed by atoms with Gasteiger partial charge in [0.25, 0.3) is 0 Å². The van der Waals surface area contributed by atoms with E-state index in [-0.39, 0.29) is 12.6 Å². The molecule has 0 aliphatic carbocycles. The lowest BCUT2D eigenvalue weighted by Crippen LogP contribution is -2.20. The molecule has 2 rings (SSSR count). The maximum Gasteiger partial charge on any atom is 0.0618 e. The lowest BCUT2D eigenvalue weighted by molar-refractivity contribution is 0.284. The van der Waals surface area contributed by atoms with Crippen LogP contribution in [0.4, 0.5) is 0 Å². The van der Waals surface area contributed by atoms with Crippen LogP contribution in [0.1, 0.15) is 0 Å². The second-order valence-corrected chi connectivity index (χ2v) is 4.78. The van der Waals surface area contributed by atoms with E-state index in [4.69, 9.17) is 10.8 Å². The van der Waals surface area contributed by atoms with Crippen LogP contribution in [0.3, 0.4) is 0 Å². The van der Waals surface area contributed by atoms with Gasteiger partial charge in [0.05, 0.1) is 6.61 Å². The highest BCUT2D eigenvalue weighted by molar-refractivity contribution is 8.02. The van der Waals surface area contributed by atoms with E-state index in [1.807, 2.05) is 17.5 Å². The number of hydrogen-bond acceptors (Lipinski definition) is 3. The summed E-state index contributed by atoms with van der Waals surface area (Å²) >= 11 is 1.61. The normalized spacial score (nSPS) is 13.3. The summed E-state index contributed by atoms with van der Waals surface area (Å²) in [5.74, 6) is 0. The quantitative estimate of drug-likeness (QED) is 0.814. The number of aliphatic hydroxyl groups excluding tert-OH is 1. The molecule has 17 heavy (non-hydrogen) atoms. The number of thioether (sulfide) groups is 1. The minimum absolute atomic E-state index is 0.0191. The Labute approximate surface area is 105 Å². The Morgan fingerprint density at radius 1 is 1.18 bits per heavy atom. The third-order valence-electron chi connectivity index (χ3n) is 2.46. The van der Waals surface area contributed by atoms with E-state index in [9.17, 15) is 0 Å². The Hall–Kier alpha value is -1.29. The molecule has 0 aromatic heterocycles. The van der Waals surface area contributed by atoms with Crippen molar-refractivity contribution in [1.29, 1.82) is 0 Å². The third kappa shape index (κ3) is 3.33. The summed E-state index contributed by atoms with van der Waals surface area (Å²) in [4.78, 5) is 1.17. The standard InChI is InChI=1S/C14H15NOS/c15-13(10-16)7-8-17-14-6-5-11-3-1-2-4-12(11)9-14/h1-9,13,16H,10,15H2/b8-7+. The molecule has 0 amide bonds. The van der Waals surface area contributed by atoms with Crippen LogP contribution in [0.5, 0.6) is 0 Å². The van der Waals surface area contributed by atoms with Gasteiger partial charge in [-0.25, -0.2) is 0 Å². The second kappa shape index (κ2) is 5.87. The van der Waals surface area contributed by atoms with Crippen molar-refractivity contribution in [3.8, 4) is 0 Å². The Morgan fingerprint density at radius 2 is 1.94 bits per heavy atom. The van der Waals surface area contributed by atoms with Crippen molar-refractivity contribution in [3.05, 3.63) is 53.9 Å². The number of rotatable bonds is 4. The average molecular weight is 245 g/mol. The molecule has 88 valence electrons. The topological polar surface area (TPSA) is 46.2 Å². The van der Waals surface area contributed by atoms with Gasteiger partial charge in [-0.2, -0.15) is 0 Å². The predicted octanol–water partition coefficient (Wildman–Crippen LogP) is 2.77. The smallest absolute Gasteiger partial charge is 0.0618 e.